The number of nitrogen functional groups attached to an aromatic ring is 1. The molecule has 0 fully saturated rings. The van der Waals surface area contributed by atoms with Gasteiger partial charge in [-0.05, 0) is 12.1 Å². The molecule has 1 heterocycles. The molecule has 1 aromatic carbocycles. The van der Waals surface area contributed by atoms with Crippen LogP contribution in [0.25, 0.3) is 11.3 Å². The first kappa shape index (κ1) is 8.39. The number of hydrogen-bond acceptors (Lipinski definition) is 3. The number of anilines is 1. The second-order valence-electron chi connectivity index (χ2n) is 2.84. The Balaban J connectivity index is 2.53. The molecule has 2 aromatic rings. The predicted octanol–water partition coefficient (Wildman–Crippen LogP) is 1.91. The highest BCUT2D eigenvalue weighted by Gasteiger charge is 2.07. The van der Waals surface area contributed by atoms with E-state index in [1.165, 1.54) is 6.20 Å². The topological polar surface area (TPSA) is 52.0 Å². The summed E-state index contributed by atoms with van der Waals surface area (Å²) in [5.41, 5.74) is 7.80. The van der Waals surface area contributed by atoms with Crippen molar-refractivity contribution in [1.82, 2.24) is 5.16 Å². The van der Waals surface area contributed by atoms with Crippen molar-refractivity contribution < 1.29 is 4.52 Å². The number of aromatic nitrogens is 1. The molecule has 0 aliphatic heterocycles. The van der Waals surface area contributed by atoms with E-state index < -0.39 is 0 Å². The standard InChI is InChI=1S/C11H8N2O/c1-2-8-4-3-5-9(6-8)11-10(12)7-13-14-11/h1,3-7H,12H2. The van der Waals surface area contributed by atoms with Crippen molar-refractivity contribution in [2.24, 2.45) is 0 Å². The Labute approximate surface area is 81.5 Å². The number of rotatable bonds is 1. The van der Waals surface area contributed by atoms with E-state index in [1.807, 2.05) is 24.3 Å². The lowest BCUT2D eigenvalue weighted by Gasteiger charge is -1.97. The van der Waals surface area contributed by atoms with Crippen LogP contribution in [0.1, 0.15) is 5.56 Å². The normalized spacial score (nSPS) is 9.64. The van der Waals surface area contributed by atoms with Crippen molar-refractivity contribution in [3.63, 3.8) is 0 Å². The molecule has 0 amide bonds. The molecule has 2 N–H and O–H groups in total. The minimum atomic E-state index is 0.513. The van der Waals surface area contributed by atoms with E-state index in [-0.39, 0.29) is 0 Å². The van der Waals surface area contributed by atoms with E-state index in [9.17, 15) is 0 Å². The molecule has 0 bridgehead atoms. The third kappa shape index (κ3) is 1.34. The van der Waals surface area contributed by atoms with Crippen molar-refractivity contribution in [3.8, 4) is 23.7 Å². The Morgan fingerprint density at radius 3 is 2.93 bits per heavy atom. The molecule has 0 atom stereocenters. The SMILES string of the molecule is C#Cc1cccc(-c2oncc2N)c1. The lowest BCUT2D eigenvalue weighted by atomic mass is 10.1. The highest BCUT2D eigenvalue weighted by Crippen LogP contribution is 2.25. The molecule has 3 heteroatoms. The summed E-state index contributed by atoms with van der Waals surface area (Å²) in [5, 5.41) is 3.60. The molecule has 0 spiro atoms. The van der Waals surface area contributed by atoms with E-state index in [0.29, 0.717) is 11.4 Å². The summed E-state index contributed by atoms with van der Waals surface area (Å²) in [7, 11) is 0. The molecular weight excluding hydrogens is 176 g/mol. The minimum Gasteiger partial charge on any atom is -0.394 e. The van der Waals surface area contributed by atoms with Gasteiger partial charge in [0.15, 0.2) is 5.76 Å². The van der Waals surface area contributed by atoms with Crippen molar-refractivity contribution in [2.75, 3.05) is 5.73 Å². The van der Waals surface area contributed by atoms with Gasteiger partial charge in [0.05, 0.1) is 6.20 Å². The van der Waals surface area contributed by atoms with Gasteiger partial charge in [-0.15, -0.1) is 6.42 Å². The van der Waals surface area contributed by atoms with Crippen LogP contribution in [0.5, 0.6) is 0 Å². The summed E-state index contributed by atoms with van der Waals surface area (Å²) in [5.74, 6) is 3.10. The summed E-state index contributed by atoms with van der Waals surface area (Å²) < 4.78 is 5.01. The predicted molar refractivity (Wildman–Crippen MR) is 54.3 cm³/mol. The van der Waals surface area contributed by atoms with Crippen molar-refractivity contribution in [1.29, 1.82) is 0 Å². The highest BCUT2D eigenvalue weighted by atomic mass is 16.5. The van der Waals surface area contributed by atoms with Crippen LogP contribution in [0.15, 0.2) is 35.0 Å². The van der Waals surface area contributed by atoms with Gasteiger partial charge in [-0.2, -0.15) is 0 Å². The van der Waals surface area contributed by atoms with E-state index in [2.05, 4.69) is 11.1 Å². The van der Waals surface area contributed by atoms with Crippen LogP contribution in [0.4, 0.5) is 5.69 Å². The molecule has 3 nitrogen and oxygen atoms in total. The number of nitrogens with zero attached hydrogens (tertiary/aromatic N) is 1. The zero-order chi connectivity index (χ0) is 9.97. The van der Waals surface area contributed by atoms with E-state index >= 15 is 0 Å². The van der Waals surface area contributed by atoms with Gasteiger partial charge >= 0.3 is 0 Å². The maximum Gasteiger partial charge on any atom is 0.189 e. The monoisotopic (exact) mass is 184 g/mol. The zero-order valence-electron chi connectivity index (χ0n) is 7.40. The number of benzene rings is 1. The van der Waals surface area contributed by atoms with Gasteiger partial charge in [0.2, 0.25) is 0 Å². The number of terminal acetylenes is 1. The van der Waals surface area contributed by atoms with Crippen molar-refractivity contribution >= 4 is 5.69 Å². The molecule has 0 saturated heterocycles. The van der Waals surface area contributed by atoms with Gasteiger partial charge in [-0.1, -0.05) is 23.2 Å². The first-order chi connectivity index (χ1) is 6.81. The largest absolute Gasteiger partial charge is 0.394 e. The quantitative estimate of drug-likeness (QED) is 0.688. The maximum absolute atomic E-state index is 5.66. The fraction of sp³-hybridized carbons (Fsp3) is 0. The highest BCUT2D eigenvalue weighted by molar-refractivity contribution is 5.70. The summed E-state index contributed by atoms with van der Waals surface area (Å²) in [4.78, 5) is 0. The van der Waals surface area contributed by atoms with Gasteiger partial charge in [0, 0.05) is 11.1 Å². The molecular formula is C11H8N2O. The second kappa shape index (κ2) is 3.27. The Morgan fingerprint density at radius 1 is 1.43 bits per heavy atom. The fourth-order valence-electron chi connectivity index (χ4n) is 1.22. The third-order valence-electron chi connectivity index (χ3n) is 1.89. The molecule has 1 aromatic heterocycles. The summed E-state index contributed by atoms with van der Waals surface area (Å²) in [6.45, 7) is 0. The van der Waals surface area contributed by atoms with Gasteiger partial charge in [-0.25, -0.2) is 0 Å². The minimum absolute atomic E-state index is 0.513. The Bertz CT molecular complexity index is 494. The van der Waals surface area contributed by atoms with Crippen molar-refractivity contribution in [2.45, 2.75) is 0 Å². The molecule has 2 rings (SSSR count). The van der Waals surface area contributed by atoms with Crippen molar-refractivity contribution in [3.05, 3.63) is 36.0 Å². The van der Waals surface area contributed by atoms with Gasteiger partial charge < -0.3 is 10.3 Å². The van der Waals surface area contributed by atoms with Gasteiger partial charge in [-0.3, -0.25) is 0 Å². The Hall–Kier alpha value is -2.21. The van der Waals surface area contributed by atoms with E-state index in [1.54, 1.807) is 0 Å². The molecule has 14 heavy (non-hydrogen) atoms. The van der Waals surface area contributed by atoms with Crippen LogP contribution >= 0.6 is 0 Å². The maximum atomic E-state index is 5.66. The summed E-state index contributed by atoms with van der Waals surface area (Å²) >= 11 is 0. The van der Waals surface area contributed by atoms with Gasteiger partial charge in [0.25, 0.3) is 0 Å². The molecule has 0 aliphatic carbocycles. The third-order valence-corrected chi connectivity index (χ3v) is 1.89. The molecule has 0 radical (unpaired) electrons. The second-order valence-corrected chi connectivity index (χ2v) is 2.84. The molecule has 0 aliphatic rings. The van der Waals surface area contributed by atoms with E-state index in [0.717, 1.165) is 11.1 Å². The number of nitrogens with two attached hydrogens (primary N) is 1. The summed E-state index contributed by atoms with van der Waals surface area (Å²) in [6, 6.07) is 7.40. The van der Waals surface area contributed by atoms with Crippen LogP contribution in [-0.4, -0.2) is 5.16 Å². The van der Waals surface area contributed by atoms with Crippen LogP contribution in [0.3, 0.4) is 0 Å². The van der Waals surface area contributed by atoms with Crippen LogP contribution in [-0.2, 0) is 0 Å². The zero-order valence-corrected chi connectivity index (χ0v) is 7.40. The summed E-state index contributed by atoms with van der Waals surface area (Å²) in [6.07, 6.45) is 6.75. The van der Waals surface area contributed by atoms with Gasteiger partial charge in [0.1, 0.15) is 5.69 Å². The lowest BCUT2D eigenvalue weighted by Crippen LogP contribution is -1.85. The Morgan fingerprint density at radius 2 is 2.29 bits per heavy atom. The molecule has 0 saturated carbocycles. The van der Waals surface area contributed by atoms with Crippen LogP contribution in [0, 0.1) is 12.3 Å². The fourth-order valence-corrected chi connectivity index (χ4v) is 1.22. The molecule has 68 valence electrons. The molecule has 0 unspecified atom stereocenters. The number of hydrogen-bond donors (Lipinski definition) is 1. The van der Waals surface area contributed by atoms with E-state index in [4.69, 9.17) is 16.7 Å². The first-order valence-electron chi connectivity index (χ1n) is 4.08. The van der Waals surface area contributed by atoms with Crippen LogP contribution < -0.4 is 5.73 Å². The average molecular weight is 184 g/mol. The van der Waals surface area contributed by atoms with Crippen LogP contribution in [0.2, 0.25) is 0 Å². The smallest absolute Gasteiger partial charge is 0.189 e. The first-order valence-corrected chi connectivity index (χ1v) is 4.08. The lowest BCUT2D eigenvalue weighted by molar-refractivity contribution is 0.432. The average Bonchev–Trinajstić information content (AvgIpc) is 2.65. The Kier molecular flexibility index (Phi) is 1.96.